The highest BCUT2D eigenvalue weighted by molar-refractivity contribution is 9.11. The number of phenols is 1. The molecule has 0 aromatic heterocycles. The average Bonchev–Trinajstić information content (AvgIpc) is 2.51. The Morgan fingerprint density at radius 2 is 1.96 bits per heavy atom. The molecule has 1 unspecified atom stereocenters. The number of hydrogen-bond acceptors (Lipinski definition) is 4. The van der Waals surface area contributed by atoms with Gasteiger partial charge in [-0.15, -0.1) is 0 Å². The van der Waals surface area contributed by atoms with Gasteiger partial charge in [-0.05, 0) is 66.8 Å². The molecule has 0 amide bonds. The van der Waals surface area contributed by atoms with Gasteiger partial charge in [-0.3, -0.25) is 10.1 Å². The molecule has 1 heterocycles. The van der Waals surface area contributed by atoms with Crippen molar-refractivity contribution in [3.63, 3.8) is 0 Å². The van der Waals surface area contributed by atoms with Crippen molar-refractivity contribution >= 4 is 37.5 Å². The summed E-state index contributed by atoms with van der Waals surface area (Å²) < 4.78 is 2.05. The number of aromatic hydroxyl groups is 1. The standard InChI is InChI=1S/C17H16Br2N2O3/c1-9-13(18)4-10(5-14(9)19)6-15-12-8-16(21(23)24)17(22)7-11(12)2-3-20-15/h4-5,7-8,15,20,22H,2-3,6H2,1H3. The largest absolute Gasteiger partial charge is 0.502 e. The van der Waals surface area contributed by atoms with Gasteiger partial charge in [0, 0.05) is 21.1 Å². The summed E-state index contributed by atoms with van der Waals surface area (Å²) in [5.41, 5.74) is 3.87. The van der Waals surface area contributed by atoms with Crippen molar-refractivity contribution < 1.29 is 10.0 Å². The minimum atomic E-state index is -0.541. The SMILES string of the molecule is Cc1c(Br)cc(CC2NCCc3cc(O)c([N+](=O)[O-])cc32)cc1Br. The van der Waals surface area contributed by atoms with Gasteiger partial charge in [0.05, 0.1) is 4.92 Å². The summed E-state index contributed by atoms with van der Waals surface area (Å²) in [7, 11) is 0. The van der Waals surface area contributed by atoms with Crippen LogP contribution in [0.2, 0.25) is 0 Å². The molecule has 1 aliphatic heterocycles. The topological polar surface area (TPSA) is 75.4 Å². The highest BCUT2D eigenvalue weighted by Gasteiger charge is 2.25. The Bertz CT molecular complexity index is 801. The maximum atomic E-state index is 11.1. The molecule has 0 aliphatic carbocycles. The number of benzene rings is 2. The summed E-state index contributed by atoms with van der Waals surface area (Å²) in [6.07, 6.45) is 1.46. The van der Waals surface area contributed by atoms with E-state index in [1.807, 2.05) is 6.92 Å². The number of hydrogen-bond donors (Lipinski definition) is 2. The Kier molecular flexibility index (Phi) is 4.94. The summed E-state index contributed by atoms with van der Waals surface area (Å²) >= 11 is 7.12. The first kappa shape index (κ1) is 17.4. The van der Waals surface area contributed by atoms with Crippen LogP contribution in [0.4, 0.5) is 5.69 Å². The van der Waals surface area contributed by atoms with E-state index in [2.05, 4.69) is 49.3 Å². The lowest BCUT2D eigenvalue weighted by Crippen LogP contribution is -2.31. The van der Waals surface area contributed by atoms with E-state index >= 15 is 0 Å². The van der Waals surface area contributed by atoms with Crippen molar-refractivity contribution in [1.29, 1.82) is 0 Å². The molecule has 0 spiro atoms. The van der Waals surface area contributed by atoms with Crippen molar-refractivity contribution in [3.8, 4) is 5.75 Å². The molecule has 0 saturated carbocycles. The van der Waals surface area contributed by atoms with Crippen LogP contribution in [-0.2, 0) is 12.8 Å². The Labute approximate surface area is 156 Å². The zero-order valence-corrected chi connectivity index (χ0v) is 16.1. The molecule has 2 aromatic carbocycles. The fourth-order valence-electron chi connectivity index (χ4n) is 3.05. The second kappa shape index (κ2) is 6.82. The van der Waals surface area contributed by atoms with Crippen LogP contribution in [-0.4, -0.2) is 16.6 Å². The zero-order valence-electron chi connectivity index (χ0n) is 13.0. The van der Waals surface area contributed by atoms with Gasteiger partial charge in [-0.2, -0.15) is 0 Å². The molecule has 7 heteroatoms. The summed E-state index contributed by atoms with van der Waals surface area (Å²) in [5.74, 6) is -0.264. The van der Waals surface area contributed by atoms with Gasteiger partial charge >= 0.3 is 5.69 Å². The number of halogens is 2. The van der Waals surface area contributed by atoms with E-state index in [-0.39, 0.29) is 17.5 Å². The van der Waals surface area contributed by atoms with Gasteiger partial charge in [0.2, 0.25) is 0 Å². The Morgan fingerprint density at radius 1 is 1.29 bits per heavy atom. The maximum Gasteiger partial charge on any atom is 0.311 e. The second-order valence-corrected chi connectivity index (χ2v) is 7.65. The lowest BCUT2D eigenvalue weighted by Gasteiger charge is -2.27. The molecule has 0 radical (unpaired) electrons. The Hall–Kier alpha value is -1.44. The van der Waals surface area contributed by atoms with Crippen LogP contribution in [0.25, 0.3) is 0 Å². The molecule has 0 fully saturated rings. The van der Waals surface area contributed by atoms with Crippen molar-refractivity contribution in [1.82, 2.24) is 5.32 Å². The third-order valence-corrected chi connectivity index (χ3v) is 6.02. The molecule has 0 bridgehead atoms. The van der Waals surface area contributed by atoms with Crippen molar-refractivity contribution in [3.05, 3.63) is 65.6 Å². The van der Waals surface area contributed by atoms with Crippen LogP contribution in [0.3, 0.4) is 0 Å². The van der Waals surface area contributed by atoms with Crippen LogP contribution in [0.15, 0.2) is 33.2 Å². The van der Waals surface area contributed by atoms with Crippen LogP contribution in [0, 0.1) is 17.0 Å². The van der Waals surface area contributed by atoms with Crippen molar-refractivity contribution in [2.45, 2.75) is 25.8 Å². The molecule has 24 heavy (non-hydrogen) atoms. The number of nitro groups is 1. The molecule has 126 valence electrons. The fourth-order valence-corrected chi connectivity index (χ4v) is 4.33. The van der Waals surface area contributed by atoms with Gasteiger partial charge in [0.1, 0.15) is 0 Å². The Balaban J connectivity index is 1.97. The second-order valence-electron chi connectivity index (χ2n) is 5.94. The monoisotopic (exact) mass is 454 g/mol. The van der Waals surface area contributed by atoms with Gasteiger partial charge in [0.25, 0.3) is 0 Å². The van der Waals surface area contributed by atoms with E-state index in [0.717, 1.165) is 44.2 Å². The maximum absolute atomic E-state index is 11.1. The van der Waals surface area contributed by atoms with E-state index in [1.165, 1.54) is 12.1 Å². The number of nitrogens with zero attached hydrogens (tertiary/aromatic N) is 1. The third-order valence-electron chi connectivity index (χ3n) is 4.37. The van der Waals surface area contributed by atoms with E-state index in [9.17, 15) is 15.2 Å². The molecule has 5 nitrogen and oxygen atoms in total. The first-order chi connectivity index (χ1) is 11.4. The highest BCUT2D eigenvalue weighted by atomic mass is 79.9. The van der Waals surface area contributed by atoms with Crippen molar-refractivity contribution in [2.24, 2.45) is 0 Å². The Morgan fingerprint density at radius 3 is 2.58 bits per heavy atom. The molecular formula is C17H16Br2N2O3. The predicted octanol–water partition coefficient (Wildman–Crippen LogP) is 4.56. The summed E-state index contributed by atoms with van der Waals surface area (Å²) in [6.45, 7) is 2.81. The lowest BCUT2D eigenvalue weighted by atomic mass is 9.89. The zero-order chi connectivity index (χ0) is 17.4. The summed E-state index contributed by atoms with van der Waals surface area (Å²) in [4.78, 5) is 10.6. The number of nitrogens with one attached hydrogen (secondary N) is 1. The number of phenolic OH excluding ortho intramolecular Hbond substituents is 1. The molecule has 3 rings (SSSR count). The van der Waals surface area contributed by atoms with E-state index in [1.54, 1.807) is 0 Å². The molecular weight excluding hydrogens is 440 g/mol. The van der Waals surface area contributed by atoms with Crippen LogP contribution in [0.1, 0.15) is 28.3 Å². The fraction of sp³-hybridized carbons (Fsp3) is 0.294. The average molecular weight is 456 g/mol. The minimum absolute atomic E-state index is 0.0189. The summed E-state index contributed by atoms with van der Waals surface area (Å²) in [6, 6.07) is 7.16. The molecule has 1 atom stereocenters. The molecule has 0 saturated heterocycles. The van der Waals surface area contributed by atoms with Gasteiger partial charge in [-0.25, -0.2) is 0 Å². The highest BCUT2D eigenvalue weighted by Crippen LogP contribution is 2.36. The third kappa shape index (κ3) is 3.34. The molecule has 1 aliphatic rings. The number of nitro benzene ring substituents is 1. The first-order valence-electron chi connectivity index (χ1n) is 7.55. The molecule has 2 aromatic rings. The smallest absolute Gasteiger partial charge is 0.311 e. The normalized spacial score (nSPS) is 16.7. The van der Waals surface area contributed by atoms with Crippen molar-refractivity contribution in [2.75, 3.05) is 6.54 Å². The lowest BCUT2D eigenvalue weighted by molar-refractivity contribution is -0.386. The number of fused-ring (bicyclic) bond motifs is 1. The van der Waals surface area contributed by atoms with Crippen LogP contribution in [0.5, 0.6) is 5.75 Å². The van der Waals surface area contributed by atoms with E-state index in [0.29, 0.717) is 6.42 Å². The summed E-state index contributed by atoms with van der Waals surface area (Å²) in [5, 5.41) is 24.4. The van der Waals surface area contributed by atoms with Crippen LogP contribution < -0.4 is 5.32 Å². The number of rotatable bonds is 3. The van der Waals surface area contributed by atoms with E-state index in [4.69, 9.17) is 0 Å². The predicted molar refractivity (Wildman–Crippen MR) is 99.5 cm³/mol. The quantitative estimate of drug-likeness (QED) is 0.525. The van der Waals surface area contributed by atoms with Gasteiger partial charge < -0.3 is 10.4 Å². The van der Waals surface area contributed by atoms with Crippen LogP contribution >= 0.6 is 31.9 Å². The minimum Gasteiger partial charge on any atom is -0.502 e. The first-order valence-corrected chi connectivity index (χ1v) is 9.13. The van der Waals surface area contributed by atoms with Gasteiger partial charge in [0.15, 0.2) is 5.75 Å². The van der Waals surface area contributed by atoms with Gasteiger partial charge in [-0.1, -0.05) is 31.9 Å². The van der Waals surface area contributed by atoms with E-state index < -0.39 is 4.92 Å². The molecule has 2 N–H and O–H groups in total.